The first kappa shape index (κ1) is 15.9. The average Bonchev–Trinajstić information content (AvgIpc) is 2.42. The van der Waals surface area contributed by atoms with Gasteiger partial charge >= 0.3 is 0 Å². The van der Waals surface area contributed by atoms with Gasteiger partial charge in [-0.25, -0.2) is 8.42 Å². The Morgan fingerprint density at radius 3 is 2.52 bits per heavy atom. The highest BCUT2D eigenvalue weighted by molar-refractivity contribution is 9.10. The predicted molar refractivity (Wildman–Crippen MR) is 92.0 cm³/mol. The molecule has 0 unspecified atom stereocenters. The molecule has 2 aromatic carbocycles. The van der Waals surface area contributed by atoms with E-state index in [1.165, 1.54) is 6.07 Å². The fourth-order valence-corrected chi connectivity index (χ4v) is 3.66. The summed E-state index contributed by atoms with van der Waals surface area (Å²) in [4.78, 5) is 0.107. The summed E-state index contributed by atoms with van der Waals surface area (Å²) in [6.07, 6.45) is 0. The second-order valence-corrected chi connectivity index (χ2v) is 7.37. The van der Waals surface area contributed by atoms with Crippen molar-refractivity contribution in [3.8, 4) is 0 Å². The number of hydrogen-bond donors (Lipinski definition) is 2. The third-order valence-corrected chi connectivity index (χ3v) is 5.38. The molecule has 21 heavy (non-hydrogen) atoms. The number of nitrogens with two attached hydrogens (primary N) is 1. The lowest BCUT2D eigenvalue weighted by molar-refractivity contribution is 0.601. The fraction of sp³-hybridized carbons (Fsp3) is 0.0714. The van der Waals surface area contributed by atoms with Gasteiger partial charge in [-0.2, -0.15) is 0 Å². The van der Waals surface area contributed by atoms with Gasteiger partial charge in [-0.05, 0) is 30.7 Å². The van der Waals surface area contributed by atoms with E-state index in [0.717, 1.165) is 10.0 Å². The minimum absolute atomic E-state index is 0.0426. The van der Waals surface area contributed by atoms with Crippen LogP contribution < -0.4 is 10.5 Å². The van der Waals surface area contributed by atoms with E-state index < -0.39 is 10.0 Å². The number of sulfonamides is 1. The summed E-state index contributed by atoms with van der Waals surface area (Å²) in [5.74, 6) is 0. The van der Waals surface area contributed by atoms with Gasteiger partial charge in [0.05, 0.1) is 4.90 Å². The summed E-state index contributed by atoms with van der Waals surface area (Å²) in [6.45, 7) is 1.92. The molecule has 0 spiro atoms. The molecule has 0 saturated carbocycles. The summed E-state index contributed by atoms with van der Waals surface area (Å²) in [7, 11) is -3.76. The van der Waals surface area contributed by atoms with Crippen LogP contribution in [0.2, 0.25) is 0 Å². The lowest BCUT2D eigenvalue weighted by Crippen LogP contribution is -2.19. The molecule has 0 amide bonds. The molecule has 2 aromatic rings. The van der Waals surface area contributed by atoms with Crippen molar-refractivity contribution in [2.75, 3.05) is 4.72 Å². The van der Waals surface area contributed by atoms with E-state index in [0.29, 0.717) is 11.3 Å². The largest absolute Gasteiger partial charge is 0.389 e. The van der Waals surface area contributed by atoms with E-state index in [1.807, 2.05) is 13.0 Å². The molecule has 0 aliphatic rings. The van der Waals surface area contributed by atoms with Crippen LogP contribution in [0.3, 0.4) is 0 Å². The molecule has 2 rings (SSSR count). The number of hydrogen-bond acceptors (Lipinski definition) is 3. The minimum Gasteiger partial charge on any atom is -0.389 e. The van der Waals surface area contributed by atoms with Crippen LogP contribution >= 0.6 is 28.1 Å². The summed E-state index contributed by atoms with van der Waals surface area (Å²) < 4.78 is 28.3. The molecule has 0 saturated heterocycles. The van der Waals surface area contributed by atoms with Crippen LogP contribution in [0.25, 0.3) is 0 Å². The second-order valence-electron chi connectivity index (χ2n) is 4.43. The molecule has 4 nitrogen and oxygen atoms in total. The number of nitrogens with one attached hydrogen (secondary N) is 1. The zero-order chi connectivity index (χ0) is 15.6. The van der Waals surface area contributed by atoms with E-state index >= 15 is 0 Å². The Balaban J connectivity index is 2.43. The van der Waals surface area contributed by atoms with E-state index in [-0.39, 0.29) is 9.88 Å². The van der Waals surface area contributed by atoms with Gasteiger partial charge in [0.25, 0.3) is 10.0 Å². The Bertz CT molecular complexity index is 804. The first-order valence-corrected chi connectivity index (χ1v) is 8.67. The third kappa shape index (κ3) is 3.61. The minimum atomic E-state index is -3.76. The molecule has 7 heteroatoms. The predicted octanol–water partition coefficient (Wildman–Crippen LogP) is 3.19. The van der Waals surface area contributed by atoms with Gasteiger partial charge in [0.2, 0.25) is 0 Å². The fourth-order valence-electron chi connectivity index (χ4n) is 1.77. The van der Waals surface area contributed by atoms with E-state index in [1.54, 1.807) is 30.3 Å². The van der Waals surface area contributed by atoms with Crippen molar-refractivity contribution in [1.82, 2.24) is 0 Å². The summed E-state index contributed by atoms with van der Waals surface area (Å²) in [5.41, 5.74) is 7.38. The normalized spacial score (nSPS) is 11.1. The zero-order valence-corrected chi connectivity index (χ0v) is 14.3. The molecular formula is C14H13BrN2O2S2. The number of anilines is 1. The number of aryl methyl sites for hydroxylation is 1. The van der Waals surface area contributed by atoms with Crippen molar-refractivity contribution in [1.29, 1.82) is 0 Å². The Morgan fingerprint density at radius 2 is 1.90 bits per heavy atom. The molecule has 0 aromatic heterocycles. The van der Waals surface area contributed by atoms with E-state index in [2.05, 4.69) is 20.7 Å². The van der Waals surface area contributed by atoms with E-state index in [4.69, 9.17) is 18.0 Å². The molecule has 0 atom stereocenters. The number of thiocarbonyl (C=S) groups is 1. The molecule has 0 aliphatic heterocycles. The molecule has 3 N–H and O–H groups in total. The highest BCUT2D eigenvalue weighted by atomic mass is 79.9. The molecule has 0 heterocycles. The first-order valence-electron chi connectivity index (χ1n) is 5.99. The van der Waals surface area contributed by atoms with Gasteiger partial charge in [0.15, 0.2) is 0 Å². The van der Waals surface area contributed by atoms with Crippen molar-refractivity contribution >= 4 is 48.8 Å². The highest BCUT2D eigenvalue weighted by Gasteiger charge is 2.19. The van der Waals surface area contributed by atoms with Crippen molar-refractivity contribution in [3.05, 3.63) is 58.1 Å². The van der Waals surface area contributed by atoms with Gasteiger partial charge in [0.1, 0.15) is 4.99 Å². The Morgan fingerprint density at radius 1 is 1.24 bits per heavy atom. The highest BCUT2D eigenvalue weighted by Crippen LogP contribution is 2.24. The Labute approximate surface area is 137 Å². The quantitative estimate of drug-likeness (QED) is 0.793. The van der Waals surface area contributed by atoms with Crippen molar-refractivity contribution in [2.24, 2.45) is 5.73 Å². The van der Waals surface area contributed by atoms with Gasteiger partial charge in [-0.3, -0.25) is 4.72 Å². The number of rotatable bonds is 4. The van der Waals surface area contributed by atoms with Gasteiger partial charge in [0, 0.05) is 15.7 Å². The van der Waals surface area contributed by atoms with Crippen LogP contribution in [0.5, 0.6) is 0 Å². The maximum atomic E-state index is 12.5. The molecule has 0 radical (unpaired) electrons. The molecule has 0 fully saturated rings. The standard InChI is InChI=1S/C14H13BrN2O2S2/c1-9-6-7-10(8-12(9)15)17-21(18,19)13-5-3-2-4-11(13)14(16)20/h2-8,17H,1H3,(H2,16,20). The van der Waals surface area contributed by atoms with Crippen molar-refractivity contribution in [3.63, 3.8) is 0 Å². The van der Waals surface area contributed by atoms with Crippen molar-refractivity contribution in [2.45, 2.75) is 11.8 Å². The summed E-state index contributed by atoms with van der Waals surface area (Å²) in [6, 6.07) is 11.6. The van der Waals surface area contributed by atoms with Crippen molar-refractivity contribution < 1.29 is 8.42 Å². The summed E-state index contributed by atoms with van der Waals surface area (Å²) in [5, 5.41) is 0. The van der Waals surface area contributed by atoms with E-state index in [9.17, 15) is 8.42 Å². The van der Waals surface area contributed by atoms with Crippen LogP contribution in [-0.4, -0.2) is 13.4 Å². The SMILES string of the molecule is Cc1ccc(NS(=O)(=O)c2ccccc2C(N)=S)cc1Br. The lowest BCUT2D eigenvalue weighted by atomic mass is 10.2. The van der Waals surface area contributed by atoms with Crippen LogP contribution in [0, 0.1) is 6.92 Å². The first-order chi connectivity index (χ1) is 9.81. The number of benzene rings is 2. The maximum absolute atomic E-state index is 12.5. The topological polar surface area (TPSA) is 72.2 Å². The average molecular weight is 385 g/mol. The molecular weight excluding hydrogens is 372 g/mol. The smallest absolute Gasteiger partial charge is 0.262 e. The molecule has 0 aliphatic carbocycles. The van der Waals surface area contributed by atoms with Crippen LogP contribution in [-0.2, 0) is 10.0 Å². The Kier molecular flexibility index (Phi) is 4.65. The van der Waals surface area contributed by atoms with Gasteiger partial charge in [-0.1, -0.05) is 52.4 Å². The second kappa shape index (κ2) is 6.13. The lowest BCUT2D eigenvalue weighted by Gasteiger charge is -2.12. The van der Waals surface area contributed by atoms with Gasteiger partial charge in [-0.15, -0.1) is 0 Å². The number of halogens is 1. The summed E-state index contributed by atoms with van der Waals surface area (Å²) >= 11 is 8.27. The zero-order valence-electron chi connectivity index (χ0n) is 11.1. The van der Waals surface area contributed by atoms with Crippen LogP contribution in [0.4, 0.5) is 5.69 Å². The van der Waals surface area contributed by atoms with Gasteiger partial charge < -0.3 is 5.73 Å². The monoisotopic (exact) mass is 384 g/mol. The maximum Gasteiger partial charge on any atom is 0.262 e. The molecule has 110 valence electrons. The Hall–Kier alpha value is -1.44. The third-order valence-electron chi connectivity index (χ3n) is 2.87. The van der Waals surface area contributed by atoms with Crippen LogP contribution in [0.15, 0.2) is 51.8 Å². The molecule has 0 bridgehead atoms. The van der Waals surface area contributed by atoms with Crippen LogP contribution in [0.1, 0.15) is 11.1 Å².